The fourth-order valence-corrected chi connectivity index (χ4v) is 2.20. The maximum atomic E-state index is 12.9. The lowest BCUT2D eigenvalue weighted by Gasteiger charge is -2.32. The molecular formula is C12H15Cl2FN2O. The van der Waals surface area contributed by atoms with Crippen LogP contribution in [0.1, 0.15) is 17.3 Å². The van der Waals surface area contributed by atoms with Gasteiger partial charge in [-0.3, -0.25) is 4.79 Å². The minimum absolute atomic E-state index is 0. The molecule has 2 rings (SSSR count). The average Bonchev–Trinajstić information content (AvgIpc) is 2.28. The lowest BCUT2D eigenvalue weighted by atomic mass is 10.1. The molecular weight excluding hydrogens is 278 g/mol. The van der Waals surface area contributed by atoms with Crippen LogP contribution in [0.25, 0.3) is 0 Å². The topological polar surface area (TPSA) is 32.3 Å². The molecule has 1 aliphatic rings. The number of rotatable bonds is 1. The summed E-state index contributed by atoms with van der Waals surface area (Å²) in [6.45, 7) is 4.08. The van der Waals surface area contributed by atoms with Crippen LogP contribution in [0.2, 0.25) is 5.02 Å². The number of amides is 1. The smallest absolute Gasteiger partial charge is 0.255 e. The van der Waals surface area contributed by atoms with E-state index < -0.39 is 5.82 Å². The second kappa shape index (κ2) is 6.36. The number of hydrogen-bond donors (Lipinski definition) is 1. The number of piperazine rings is 1. The van der Waals surface area contributed by atoms with E-state index in [0.717, 1.165) is 6.54 Å². The van der Waals surface area contributed by atoms with Crippen LogP contribution in [0.3, 0.4) is 0 Å². The van der Waals surface area contributed by atoms with Gasteiger partial charge in [0.25, 0.3) is 5.91 Å². The summed E-state index contributed by atoms with van der Waals surface area (Å²) in [5.41, 5.74) is 0.363. The van der Waals surface area contributed by atoms with E-state index in [-0.39, 0.29) is 29.4 Å². The van der Waals surface area contributed by atoms with Gasteiger partial charge in [0, 0.05) is 25.7 Å². The predicted octanol–water partition coefficient (Wildman–Crippen LogP) is 2.33. The Labute approximate surface area is 117 Å². The van der Waals surface area contributed by atoms with Gasteiger partial charge in [-0.1, -0.05) is 11.6 Å². The molecule has 100 valence electrons. The highest BCUT2D eigenvalue weighted by Crippen LogP contribution is 2.19. The van der Waals surface area contributed by atoms with Crippen molar-refractivity contribution in [1.82, 2.24) is 10.2 Å². The standard InChI is InChI=1S/C12H14ClFN2O.ClH/c1-8-7-16(5-4-15-8)12(17)10-3-2-9(14)6-11(10)13;/h2-3,6,8,15H,4-5,7H2,1H3;1H/t8-;/m1./s1. The number of hydrogen-bond acceptors (Lipinski definition) is 2. The van der Waals surface area contributed by atoms with Crippen molar-refractivity contribution in [3.05, 3.63) is 34.6 Å². The first-order valence-corrected chi connectivity index (χ1v) is 5.93. The zero-order valence-corrected chi connectivity index (χ0v) is 11.5. The van der Waals surface area contributed by atoms with Crippen LogP contribution in [0.15, 0.2) is 18.2 Å². The Morgan fingerprint density at radius 2 is 2.28 bits per heavy atom. The number of nitrogens with one attached hydrogen (secondary N) is 1. The number of halogens is 3. The van der Waals surface area contributed by atoms with E-state index in [1.54, 1.807) is 4.90 Å². The first-order valence-electron chi connectivity index (χ1n) is 5.55. The number of carbonyl (C=O) groups excluding carboxylic acids is 1. The molecule has 1 saturated heterocycles. The van der Waals surface area contributed by atoms with Crippen molar-refractivity contribution < 1.29 is 9.18 Å². The van der Waals surface area contributed by atoms with E-state index in [1.165, 1.54) is 18.2 Å². The minimum atomic E-state index is -0.430. The molecule has 0 aliphatic carbocycles. The van der Waals surface area contributed by atoms with Gasteiger partial charge in [0.2, 0.25) is 0 Å². The van der Waals surface area contributed by atoms with Crippen LogP contribution in [0, 0.1) is 5.82 Å². The van der Waals surface area contributed by atoms with Gasteiger partial charge in [0.05, 0.1) is 10.6 Å². The molecule has 0 bridgehead atoms. The van der Waals surface area contributed by atoms with Gasteiger partial charge in [-0.25, -0.2) is 4.39 Å². The van der Waals surface area contributed by atoms with Crippen LogP contribution >= 0.6 is 24.0 Å². The van der Waals surface area contributed by atoms with Gasteiger partial charge in [0.1, 0.15) is 5.82 Å². The van der Waals surface area contributed by atoms with Crippen LogP contribution in [0.5, 0.6) is 0 Å². The summed E-state index contributed by atoms with van der Waals surface area (Å²) in [6.07, 6.45) is 0. The molecule has 1 aromatic rings. The van der Waals surface area contributed by atoms with Crippen LogP contribution in [-0.4, -0.2) is 36.5 Å². The fourth-order valence-electron chi connectivity index (χ4n) is 1.95. The molecule has 18 heavy (non-hydrogen) atoms. The zero-order chi connectivity index (χ0) is 12.4. The maximum absolute atomic E-state index is 12.9. The molecule has 1 fully saturated rings. The van der Waals surface area contributed by atoms with Crippen molar-refractivity contribution in [3.63, 3.8) is 0 Å². The van der Waals surface area contributed by atoms with Gasteiger partial charge < -0.3 is 10.2 Å². The second-order valence-corrected chi connectivity index (χ2v) is 4.64. The maximum Gasteiger partial charge on any atom is 0.255 e. The van der Waals surface area contributed by atoms with Crippen LogP contribution in [0.4, 0.5) is 4.39 Å². The Morgan fingerprint density at radius 3 is 2.89 bits per heavy atom. The fraction of sp³-hybridized carbons (Fsp3) is 0.417. The van der Waals surface area contributed by atoms with E-state index >= 15 is 0 Å². The lowest BCUT2D eigenvalue weighted by molar-refractivity contribution is 0.0709. The predicted molar refractivity (Wildman–Crippen MR) is 72.0 cm³/mol. The van der Waals surface area contributed by atoms with E-state index in [0.29, 0.717) is 18.7 Å². The molecule has 0 saturated carbocycles. The molecule has 1 aliphatic heterocycles. The summed E-state index contributed by atoms with van der Waals surface area (Å²) in [5, 5.41) is 3.42. The third kappa shape index (κ3) is 3.34. The Morgan fingerprint density at radius 1 is 1.56 bits per heavy atom. The second-order valence-electron chi connectivity index (χ2n) is 4.23. The molecule has 1 atom stereocenters. The number of benzene rings is 1. The van der Waals surface area contributed by atoms with Crippen LogP contribution < -0.4 is 5.32 Å². The summed E-state index contributed by atoms with van der Waals surface area (Å²) in [5.74, 6) is -0.566. The average molecular weight is 293 g/mol. The van der Waals surface area contributed by atoms with Crippen molar-refractivity contribution in [1.29, 1.82) is 0 Å². The first-order chi connectivity index (χ1) is 8.08. The highest BCUT2D eigenvalue weighted by atomic mass is 35.5. The van der Waals surface area contributed by atoms with Crippen molar-refractivity contribution in [2.24, 2.45) is 0 Å². The Balaban J connectivity index is 0.00000162. The highest BCUT2D eigenvalue weighted by Gasteiger charge is 2.23. The van der Waals surface area contributed by atoms with Crippen molar-refractivity contribution in [2.75, 3.05) is 19.6 Å². The Hall–Kier alpha value is -0.840. The molecule has 0 spiro atoms. The minimum Gasteiger partial charge on any atom is -0.336 e. The van der Waals surface area contributed by atoms with Gasteiger partial charge in [0.15, 0.2) is 0 Å². The molecule has 6 heteroatoms. The van der Waals surface area contributed by atoms with Gasteiger partial charge in [-0.05, 0) is 25.1 Å². The van der Waals surface area contributed by atoms with E-state index in [2.05, 4.69) is 5.32 Å². The first kappa shape index (κ1) is 15.2. The lowest BCUT2D eigenvalue weighted by Crippen LogP contribution is -2.51. The number of nitrogens with zero attached hydrogens (tertiary/aromatic N) is 1. The normalized spacial score (nSPS) is 19.3. The molecule has 0 aromatic heterocycles. The third-order valence-electron chi connectivity index (χ3n) is 2.82. The van der Waals surface area contributed by atoms with Crippen molar-refractivity contribution >= 4 is 29.9 Å². The number of carbonyl (C=O) groups is 1. The molecule has 0 unspecified atom stereocenters. The SMILES string of the molecule is C[C@@H]1CN(C(=O)c2ccc(F)cc2Cl)CCN1.Cl. The third-order valence-corrected chi connectivity index (χ3v) is 3.13. The molecule has 3 nitrogen and oxygen atoms in total. The summed E-state index contributed by atoms with van der Waals surface area (Å²) in [6, 6.07) is 4.13. The Bertz CT molecular complexity index is 442. The molecule has 1 N–H and O–H groups in total. The summed E-state index contributed by atoms with van der Waals surface area (Å²) in [7, 11) is 0. The molecule has 1 amide bonds. The summed E-state index contributed by atoms with van der Waals surface area (Å²) < 4.78 is 12.9. The molecule has 1 aromatic carbocycles. The van der Waals surface area contributed by atoms with Gasteiger partial charge in [-0.15, -0.1) is 12.4 Å². The van der Waals surface area contributed by atoms with E-state index in [1.807, 2.05) is 6.92 Å². The van der Waals surface area contributed by atoms with E-state index in [9.17, 15) is 9.18 Å². The van der Waals surface area contributed by atoms with Gasteiger partial charge in [-0.2, -0.15) is 0 Å². The monoisotopic (exact) mass is 292 g/mol. The Kier molecular flexibility index (Phi) is 5.38. The highest BCUT2D eigenvalue weighted by molar-refractivity contribution is 6.33. The van der Waals surface area contributed by atoms with Crippen molar-refractivity contribution in [2.45, 2.75) is 13.0 Å². The van der Waals surface area contributed by atoms with Crippen LogP contribution in [-0.2, 0) is 0 Å². The van der Waals surface area contributed by atoms with E-state index in [4.69, 9.17) is 11.6 Å². The molecule has 0 radical (unpaired) electrons. The largest absolute Gasteiger partial charge is 0.336 e. The summed E-state index contributed by atoms with van der Waals surface area (Å²) >= 11 is 5.88. The molecule has 1 heterocycles. The zero-order valence-electron chi connectivity index (χ0n) is 9.95. The van der Waals surface area contributed by atoms with Gasteiger partial charge >= 0.3 is 0 Å². The van der Waals surface area contributed by atoms with Crippen molar-refractivity contribution in [3.8, 4) is 0 Å². The summed E-state index contributed by atoms with van der Waals surface area (Å²) in [4.78, 5) is 13.9. The quantitative estimate of drug-likeness (QED) is 0.862.